The standard InChI is InChI=1S/C39H48N4O6/c1-27(2)15-17-43(38(47)49-24-29-12-7-4-8-13-29)37(46)42(16-9-14-28-10-5-3-6-11-28)36(45)35-41-33(25-48-35)34(44)40-26-39-21-30-18-31(22-39)20-32(19-30)23-39/h3-8,10-13,25,27,30-32H,9,14-24,26H2,1-2H3,(H,40,44). The van der Waals surface area contributed by atoms with Gasteiger partial charge in [0.25, 0.3) is 11.8 Å². The summed E-state index contributed by atoms with van der Waals surface area (Å²) in [6, 6.07) is 18.1. The predicted octanol–water partition coefficient (Wildman–Crippen LogP) is 7.50. The summed E-state index contributed by atoms with van der Waals surface area (Å²) < 4.78 is 11.1. The van der Waals surface area contributed by atoms with Crippen LogP contribution in [0.15, 0.2) is 71.3 Å². The summed E-state index contributed by atoms with van der Waals surface area (Å²) in [6.45, 7) is 4.62. The molecule has 4 aliphatic carbocycles. The topological polar surface area (TPSA) is 122 Å². The second-order valence-electron chi connectivity index (χ2n) is 14.8. The van der Waals surface area contributed by atoms with Crippen LogP contribution in [0, 0.1) is 29.1 Å². The molecule has 1 aromatic heterocycles. The average Bonchev–Trinajstić information content (AvgIpc) is 3.59. The Morgan fingerprint density at radius 2 is 1.49 bits per heavy atom. The molecule has 3 aromatic rings. The van der Waals surface area contributed by atoms with Gasteiger partial charge < -0.3 is 14.5 Å². The van der Waals surface area contributed by atoms with Gasteiger partial charge in [0, 0.05) is 19.6 Å². The van der Waals surface area contributed by atoms with E-state index in [0.717, 1.165) is 57.9 Å². The molecule has 0 unspecified atom stereocenters. The van der Waals surface area contributed by atoms with E-state index in [1.807, 2.05) is 74.5 Å². The van der Waals surface area contributed by atoms with E-state index in [9.17, 15) is 19.2 Å². The lowest BCUT2D eigenvalue weighted by Crippen LogP contribution is -2.51. The van der Waals surface area contributed by atoms with Crippen molar-refractivity contribution in [1.29, 1.82) is 0 Å². The number of aromatic nitrogens is 1. The molecule has 10 nitrogen and oxygen atoms in total. The molecule has 4 fully saturated rings. The van der Waals surface area contributed by atoms with Gasteiger partial charge in [0.05, 0.1) is 0 Å². The van der Waals surface area contributed by atoms with Gasteiger partial charge in [0.1, 0.15) is 12.9 Å². The van der Waals surface area contributed by atoms with E-state index in [4.69, 9.17) is 9.15 Å². The summed E-state index contributed by atoms with van der Waals surface area (Å²) in [5.41, 5.74) is 1.96. The maximum atomic E-state index is 14.1. The molecule has 4 bridgehead atoms. The van der Waals surface area contributed by atoms with E-state index in [1.165, 1.54) is 25.5 Å². The molecule has 1 heterocycles. The van der Waals surface area contributed by atoms with Gasteiger partial charge in [-0.1, -0.05) is 74.5 Å². The molecule has 4 aliphatic rings. The number of ether oxygens (including phenoxy) is 1. The molecule has 4 saturated carbocycles. The Morgan fingerprint density at radius 3 is 2.10 bits per heavy atom. The Hall–Kier alpha value is -4.47. The van der Waals surface area contributed by atoms with Crippen LogP contribution in [0.5, 0.6) is 0 Å². The van der Waals surface area contributed by atoms with Crippen molar-refractivity contribution in [2.24, 2.45) is 29.1 Å². The predicted molar refractivity (Wildman–Crippen MR) is 183 cm³/mol. The highest BCUT2D eigenvalue weighted by Crippen LogP contribution is 2.59. The quantitative estimate of drug-likeness (QED) is 0.200. The van der Waals surface area contributed by atoms with Crippen molar-refractivity contribution in [3.63, 3.8) is 0 Å². The van der Waals surface area contributed by atoms with Crippen LogP contribution in [0.25, 0.3) is 0 Å². The second kappa shape index (κ2) is 15.4. The number of nitrogens with zero attached hydrogens (tertiary/aromatic N) is 3. The molecule has 2 aromatic carbocycles. The van der Waals surface area contributed by atoms with E-state index in [1.54, 1.807) is 0 Å². The van der Waals surface area contributed by atoms with Gasteiger partial charge >= 0.3 is 18.0 Å². The van der Waals surface area contributed by atoms with Crippen molar-refractivity contribution in [3.8, 4) is 0 Å². The maximum absolute atomic E-state index is 14.1. The summed E-state index contributed by atoms with van der Waals surface area (Å²) in [7, 11) is 0. The van der Waals surface area contributed by atoms with Gasteiger partial charge in [0.2, 0.25) is 0 Å². The number of amides is 5. The highest BCUT2D eigenvalue weighted by molar-refractivity contribution is 6.05. The minimum Gasteiger partial charge on any atom is -0.444 e. The molecule has 1 N–H and O–H groups in total. The molecule has 0 radical (unpaired) electrons. The van der Waals surface area contributed by atoms with Crippen molar-refractivity contribution < 1.29 is 28.3 Å². The second-order valence-corrected chi connectivity index (χ2v) is 14.8. The summed E-state index contributed by atoms with van der Waals surface area (Å²) in [6.07, 6.45) is 9.32. The Kier molecular flexibility index (Phi) is 10.8. The first-order valence-electron chi connectivity index (χ1n) is 17.8. The van der Waals surface area contributed by atoms with Gasteiger partial charge in [0.15, 0.2) is 5.69 Å². The third kappa shape index (κ3) is 8.58. The van der Waals surface area contributed by atoms with Crippen molar-refractivity contribution in [2.45, 2.75) is 78.2 Å². The monoisotopic (exact) mass is 668 g/mol. The van der Waals surface area contributed by atoms with Gasteiger partial charge in [-0.15, -0.1) is 0 Å². The van der Waals surface area contributed by atoms with Crippen LogP contribution >= 0.6 is 0 Å². The maximum Gasteiger partial charge on any atom is 0.418 e. The molecule has 5 amide bonds. The minimum absolute atomic E-state index is 0.00658. The Bertz CT molecular complexity index is 1570. The van der Waals surface area contributed by atoms with Crippen LogP contribution in [0.4, 0.5) is 9.59 Å². The van der Waals surface area contributed by atoms with Crippen LogP contribution < -0.4 is 5.32 Å². The number of hydrogen-bond acceptors (Lipinski definition) is 7. The Labute approximate surface area is 288 Å². The molecule has 0 aliphatic heterocycles. The number of oxazole rings is 1. The summed E-state index contributed by atoms with van der Waals surface area (Å²) >= 11 is 0. The minimum atomic E-state index is -0.840. The van der Waals surface area contributed by atoms with Crippen LogP contribution in [0.3, 0.4) is 0 Å². The molecule has 0 saturated heterocycles. The fraction of sp³-hybridized carbons (Fsp3) is 0.513. The van der Waals surface area contributed by atoms with Crippen molar-refractivity contribution in [3.05, 3.63) is 89.6 Å². The smallest absolute Gasteiger partial charge is 0.418 e. The zero-order chi connectivity index (χ0) is 34.4. The lowest BCUT2D eigenvalue weighted by atomic mass is 9.49. The molecular formula is C39H48N4O6. The molecule has 7 rings (SSSR count). The van der Waals surface area contributed by atoms with E-state index >= 15 is 0 Å². The molecule has 10 heteroatoms. The highest BCUT2D eigenvalue weighted by atomic mass is 16.6. The third-order valence-corrected chi connectivity index (χ3v) is 10.5. The fourth-order valence-corrected chi connectivity index (χ4v) is 8.42. The largest absolute Gasteiger partial charge is 0.444 e. The molecule has 0 atom stereocenters. The van der Waals surface area contributed by atoms with Crippen LogP contribution in [0.1, 0.15) is 97.5 Å². The normalized spacial score (nSPS) is 22.1. The summed E-state index contributed by atoms with van der Waals surface area (Å²) in [5, 5.41) is 3.08. The summed E-state index contributed by atoms with van der Waals surface area (Å²) in [5.74, 6) is 0.883. The zero-order valence-electron chi connectivity index (χ0n) is 28.6. The van der Waals surface area contributed by atoms with E-state index in [0.29, 0.717) is 25.8 Å². The van der Waals surface area contributed by atoms with E-state index in [-0.39, 0.29) is 42.6 Å². The van der Waals surface area contributed by atoms with Crippen molar-refractivity contribution in [1.82, 2.24) is 20.1 Å². The number of imide groups is 2. The lowest BCUT2D eigenvalue weighted by Gasteiger charge is -2.56. The average molecular weight is 669 g/mol. The van der Waals surface area contributed by atoms with Crippen LogP contribution in [-0.4, -0.2) is 58.4 Å². The third-order valence-electron chi connectivity index (χ3n) is 10.5. The molecule has 0 spiro atoms. The number of carbonyl (C=O) groups is 4. The molecule has 260 valence electrons. The number of benzene rings is 2. The van der Waals surface area contributed by atoms with Gasteiger partial charge in [-0.25, -0.2) is 14.5 Å². The van der Waals surface area contributed by atoms with Gasteiger partial charge in [-0.05, 0) is 98.0 Å². The fourth-order valence-electron chi connectivity index (χ4n) is 8.42. The number of urea groups is 1. The van der Waals surface area contributed by atoms with Gasteiger partial charge in [-0.2, -0.15) is 4.98 Å². The Morgan fingerprint density at radius 1 is 0.878 bits per heavy atom. The number of aryl methyl sites for hydroxylation is 1. The van der Waals surface area contributed by atoms with Crippen LogP contribution in [-0.2, 0) is 17.8 Å². The highest BCUT2D eigenvalue weighted by Gasteiger charge is 2.50. The first-order chi connectivity index (χ1) is 23.7. The van der Waals surface area contributed by atoms with Gasteiger partial charge in [-0.3, -0.25) is 14.5 Å². The lowest BCUT2D eigenvalue weighted by molar-refractivity contribution is -0.0503. The van der Waals surface area contributed by atoms with Crippen LogP contribution in [0.2, 0.25) is 0 Å². The van der Waals surface area contributed by atoms with E-state index < -0.39 is 23.9 Å². The van der Waals surface area contributed by atoms with Crippen molar-refractivity contribution >= 4 is 23.9 Å². The summed E-state index contributed by atoms with van der Waals surface area (Å²) in [4.78, 5) is 60.9. The number of hydrogen-bond donors (Lipinski definition) is 1. The first kappa shape index (κ1) is 34.4. The number of carbonyl (C=O) groups excluding carboxylic acids is 4. The zero-order valence-corrected chi connectivity index (χ0v) is 28.6. The first-order valence-corrected chi connectivity index (χ1v) is 17.8. The number of rotatable bonds is 13. The molecular weight excluding hydrogens is 620 g/mol. The Balaban J connectivity index is 1.16. The van der Waals surface area contributed by atoms with Crippen molar-refractivity contribution in [2.75, 3.05) is 19.6 Å². The SMILES string of the molecule is CC(C)CCN(C(=O)OCc1ccccc1)C(=O)N(CCCc1ccccc1)C(=O)c1nc(C(=O)NCC23CC4CC(CC(C4)C2)C3)co1. The van der Waals surface area contributed by atoms with E-state index in [2.05, 4.69) is 10.3 Å². The molecule has 49 heavy (non-hydrogen) atoms. The number of nitrogens with one attached hydrogen (secondary N) is 1.